The lowest BCUT2D eigenvalue weighted by Gasteiger charge is -2.10. The summed E-state index contributed by atoms with van der Waals surface area (Å²) in [7, 11) is 1.66. The zero-order valence-corrected chi connectivity index (χ0v) is 8.66. The molecule has 0 unspecified atom stereocenters. The number of aliphatic hydroxyl groups is 1. The summed E-state index contributed by atoms with van der Waals surface area (Å²) < 4.78 is 5.11. The van der Waals surface area contributed by atoms with Gasteiger partial charge in [-0.25, -0.2) is 0 Å². The summed E-state index contributed by atoms with van der Waals surface area (Å²) in [4.78, 5) is 0. The standard InChI is InChI=1S/C11H17NO2/c1-9(8-13)12-7-10-4-3-5-11(6-10)14-2/h3-6,9,12-13H,7-8H2,1-2H3/t9-/m0/s1. The maximum atomic E-state index is 8.83. The molecule has 3 nitrogen and oxygen atoms in total. The van der Waals surface area contributed by atoms with Crippen LogP contribution in [0.25, 0.3) is 0 Å². The molecule has 1 atom stereocenters. The first kappa shape index (κ1) is 11.0. The number of hydrogen-bond acceptors (Lipinski definition) is 3. The van der Waals surface area contributed by atoms with Crippen molar-refractivity contribution in [3.05, 3.63) is 29.8 Å². The van der Waals surface area contributed by atoms with Crippen molar-refractivity contribution in [3.63, 3.8) is 0 Å². The van der Waals surface area contributed by atoms with Crippen LogP contribution in [-0.2, 0) is 6.54 Å². The number of methoxy groups -OCH3 is 1. The predicted octanol–water partition coefficient (Wildman–Crippen LogP) is 1.17. The minimum Gasteiger partial charge on any atom is -0.497 e. The largest absolute Gasteiger partial charge is 0.497 e. The van der Waals surface area contributed by atoms with Crippen LogP contribution in [0.3, 0.4) is 0 Å². The van der Waals surface area contributed by atoms with Crippen molar-refractivity contribution in [2.45, 2.75) is 19.5 Å². The highest BCUT2D eigenvalue weighted by Gasteiger charge is 1.99. The van der Waals surface area contributed by atoms with Gasteiger partial charge in [-0.3, -0.25) is 0 Å². The Balaban J connectivity index is 2.50. The SMILES string of the molecule is COc1cccc(CN[C@@H](C)CO)c1. The van der Waals surface area contributed by atoms with Crippen molar-refractivity contribution in [1.82, 2.24) is 5.32 Å². The van der Waals surface area contributed by atoms with E-state index in [4.69, 9.17) is 9.84 Å². The molecule has 0 fully saturated rings. The van der Waals surface area contributed by atoms with Gasteiger partial charge in [-0.05, 0) is 24.6 Å². The van der Waals surface area contributed by atoms with E-state index in [2.05, 4.69) is 5.32 Å². The highest BCUT2D eigenvalue weighted by molar-refractivity contribution is 5.28. The Hall–Kier alpha value is -1.06. The monoisotopic (exact) mass is 195 g/mol. The van der Waals surface area contributed by atoms with Crippen LogP contribution in [0.2, 0.25) is 0 Å². The van der Waals surface area contributed by atoms with Crippen LogP contribution in [0.15, 0.2) is 24.3 Å². The molecule has 1 aromatic rings. The van der Waals surface area contributed by atoms with E-state index in [1.807, 2.05) is 31.2 Å². The fraction of sp³-hybridized carbons (Fsp3) is 0.455. The number of nitrogens with one attached hydrogen (secondary N) is 1. The van der Waals surface area contributed by atoms with Crippen LogP contribution in [0.1, 0.15) is 12.5 Å². The van der Waals surface area contributed by atoms with Gasteiger partial charge in [0.1, 0.15) is 5.75 Å². The summed E-state index contributed by atoms with van der Waals surface area (Å²) >= 11 is 0. The van der Waals surface area contributed by atoms with Gasteiger partial charge >= 0.3 is 0 Å². The number of rotatable bonds is 5. The summed E-state index contributed by atoms with van der Waals surface area (Å²) in [6.07, 6.45) is 0. The smallest absolute Gasteiger partial charge is 0.119 e. The third-order valence-corrected chi connectivity index (χ3v) is 2.06. The van der Waals surface area contributed by atoms with Crippen molar-refractivity contribution in [3.8, 4) is 5.75 Å². The van der Waals surface area contributed by atoms with Crippen molar-refractivity contribution in [2.75, 3.05) is 13.7 Å². The van der Waals surface area contributed by atoms with Crippen LogP contribution in [0.4, 0.5) is 0 Å². The Kier molecular flexibility index (Phi) is 4.43. The first-order chi connectivity index (χ1) is 6.76. The van der Waals surface area contributed by atoms with E-state index in [-0.39, 0.29) is 12.6 Å². The molecule has 14 heavy (non-hydrogen) atoms. The third kappa shape index (κ3) is 3.36. The molecule has 2 N–H and O–H groups in total. The molecule has 0 spiro atoms. The fourth-order valence-corrected chi connectivity index (χ4v) is 1.14. The van der Waals surface area contributed by atoms with Gasteiger partial charge in [-0.2, -0.15) is 0 Å². The molecular formula is C11H17NO2. The highest BCUT2D eigenvalue weighted by atomic mass is 16.5. The zero-order chi connectivity index (χ0) is 10.4. The van der Waals surface area contributed by atoms with Gasteiger partial charge in [-0.15, -0.1) is 0 Å². The summed E-state index contributed by atoms with van der Waals surface area (Å²) in [5.41, 5.74) is 1.16. The Morgan fingerprint density at radius 2 is 2.29 bits per heavy atom. The average molecular weight is 195 g/mol. The van der Waals surface area contributed by atoms with Gasteiger partial charge in [0, 0.05) is 12.6 Å². The average Bonchev–Trinajstić information content (AvgIpc) is 2.26. The van der Waals surface area contributed by atoms with Crippen LogP contribution in [0.5, 0.6) is 5.75 Å². The maximum Gasteiger partial charge on any atom is 0.119 e. The highest BCUT2D eigenvalue weighted by Crippen LogP contribution is 2.12. The van der Waals surface area contributed by atoms with E-state index in [9.17, 15) is 0 Å². The molecule has 0 bridgehead atoms. The first-order valence-electron chi connectivity index (χ1n) is 4.73. The minimum absolute atomic E-state index is 0.126. The lowest BCUT2D eigenvalue weighted by Crippen LogP contribution is -2.28. The van der Waals surface area contributed by atoms with E-state index >= 15 is 0 Å². The van der Waals surface area contributed by atoms with Gasteiger partial charge in [0.05, 0.1) is 13.7 Å². The number of aliphatic hydroxyl groups excluding tert-OH is 1. The molecule has 0 aliphatic rings. The van der Waals surface area contributed by atoms with Gasteiger partial charge < -0.3 is 15.2 Å². The lowest BCUT2D eigenvalue weighted by atomic mass is 10.2. The summed E-state index contributed by atoms with van der Waals surface area (Å²) in [5.74, 6) is 0.862. The lowest BCUT2D eigenvalue weighted by molar-refractivity contribution is 0.251. The second-order valence-electron chi connectivity index (χ2n) is 3.32. The Bertz CT molecular complexity index is 276. The molecule has 0 radical (unpaired) electrons. The van der Waals surface area contributed by atoms with Gasteiger partial charge in [0.15, 0.2) is 0 Å². The second-order valence-corrected chi connectivity index (χ2v) is 3.32. The van der Waals surface area contributed by atoms with E-state index in [0.29, 0.717) is 0 Å². The fourth-order valence-electron chi connectivity index (χ4n) is 1.14. The molecule has 0 saturated carbocycles. The number of hydrogen-bond donors (Lipinski definition) is 2. The molecule has 1 rings (SSSR count). The van der Waals surface area contributed by atoms with Crippen LogP contribution >= 0.6 is 0 Å². The maximum absolute atomic E-state index is 8.83. The molecular weight excluding hydrogens is 178 g/mol. The number of ether oxygens (including phenoxy) is 1. The Morgan fingerprint density at radius 3 is 2.93 bits per heavy atom. The quantitative estimate of drug-likeness (QED) is 0.741. The van der Waals surface area contributed by atoms with E-state index in [0.717, 1.165) is 17.9 Å². The predicted molar refractivity (Wildman–Crippen MR) is 56.4 cm³/mol. The van der Waals surface area contributed by atoms with Crippen LogP contribution in [0, 0.1) is 0 Å². The molecule has 0 amide bonds. The molecule has 0 aliphatic carbocycles. The summed E-state index contributed by atoms with van der Waals surface area (Å²) in [6.45, 7) is 2.85. The van der Waals surface area contributed by atoms with Crippen LogP contribution in [-0.4, -0.2) is 24.9 Å². The second kappa shape index (κ2) is 5.62. The van der Waals surface area contributed by atoms with Crippen molar-refractivity contribution < 1.29 is 9.84 Å². The number of benzene rings is 1. The van der Waals surface area contributed by atoms with E-state index in [1.165, 1.54) is 0 Å². The Morgan fingerprint density at radius 1 is 1.50 bits per heavy atom. The molecule has 78 valence electrons. The molecule has 0 saturated heterocycles. The van der Waals surface area contributed by atoms with Gasteiger partial charge in [0.25, 0.3) is 0 Å². The summed E-state index contributed by atoms with van der Waals surface area (Å²) in [6, 6.07) is 8.01. The minimum atomic E-state index is 0.126. The van der Waals surface area contributed by atoms with Crippen molar-refractivity contribution in [2.24, 2.45) is 0 Å². The molecule has 0 aromatic heterocycles. The molecule has 0 aliphatic heterocycles. The van der Waals surface area contributed by atoms with Crippen molar-refractivity contribution in [1.29, 1.82) is 0 Å². The molecule has 3 heteroatoms. The Labute approximate surface area is 84.7 Å². The van der Waals surface area contributed by atoms with Crippen LogP contribution < -0.4 is 10.1 Å². The third-order valence-electron chi connectivity index (χ3n) is 2.06. The summed E-state index contributed by atoms with van der Waals surface area (Å²) in [5, 5.41) is 12.0. The topological polar surface area (TPSA) is 41.5 Å². The van der Waals surface area contributed by atoms with Gasteiger partial charge in [0.2, 0.25) is 0 Å². The first-order valence-corrected chi connectivity index (χ1v) is 4.73. The molecule has 0 heterocycles. The normalized spacial score (nSPS) is 12.5. The van der Waals surface area contributed by atoms with Crippen molar-refractivity contribution >= 4 is 0 Å². The van der Waals surface area contributed by atoms with Gasteiger partial charge in [-0.1, -0.05) is 12.1 Å². The molecule has 1 aromatic carbocycles. The van der Waals surface area contributed by atoms with E-state index < -0.39 is 0 Å². The van der Waals surface area contributed by atoms with E-state index in [1.54, 1.807) is 7.11 Å². The zero-order valence-electron chi connectivity index (χ0n) is 8.66.